The van der Waals surface area contributed by atoms with Crippen molar-refractivity contribution in [3.8, 4) is 0 Å². The molecule has 0 radical (unpaired) electrons. The molecule has 13 heavy (non-hydrogen) atoms. The molecule has 0 saturated carbocycles. The topological polar surface area (TPSA) is 38.3 Å². The van der Waals surface area contributed by atoms with Crippen LogP contribution < -0.4 is 5.32 Å². The third-order valence-corrected chi connectivity index (χ3v) is 1.62. The third kappa shape index (κ3) is 4.68. The van der Waals surface area contributed by atoms with E-state index in [2.05, 4.69) is 5.32 Å². The molecule has 0 aromatic heterocycles. The van der Waals surface area contributed by atoms with Gasteiger partial charge in [-0.1, -0.05) is 26.0 Å². The largest absolute Gasteiger partial charge is 0.368 e. The molecular weight excluding hydrogens is 166 g/mol. The van der Waals surface area contributed by atoms with Crippen LogP contribution in [0.25, 0.3) is 0 Å². The van der Waals surface area contributed by atoms with Gasteiger partial charge >= 0.3 is 0 Å². The molecule has 1 fully saturated rings. The van der Waals surface area contributed by atoms with E-state index in [0.717, 1.165) is 13.0 Å². The summed E-state index contributed by atoms with van der Waals surface area (Å²) in [6.07, 6.45) is 4.49. The zero-order valence-electron chi connectivity index (χ0n) is 8.67. The van der Waals surface area contributed by atoms with E-state index in [-0.39, 0.29) is 12.0 Å². The number of amides is 1. The standard InChI is InChI=1S/C8H13NO2.C2H6/c1-2-3-5-9-8(10)7-4-6-11-7;1-2/h2-3,7H,4-6H2,1H3,(H,9,10);1-2H3/b3-2+;. The number of allylic oxidation sites excluding steroid dienone is 1. The van der Waals surface area contributed by atoms with Crippen molar-refractivity contribution < 1.29 is 9.53 Å². The normalized spacial score (nSPS) is 20.1. The van der Waals surface area contributed by atoms with Crippen molar-refractivity contribution in [3.05, 3.63) is 12.2 Å². The fourth-order valence-corrected chi connectivity index (χ4v) is 0.834. The van der Waals surface area contributed by atoms with E-state index in [1.807, 2.05) is 32.9 Å². The second kappa shape index (κ2) is 7.80. The zero-order chi connectivity index (χ0) is 10.1. The quantitative estimate of drug-likeness (QED) is 0.676. The molecule has 1 rings (SSSR count). The Balaban J connectivity index is 0.000000671. The predicted molar refractivity (Wildman–Crippen MR) is 53.5 cm³/mol. The molecule has 0 spiro atoms. The Morgan fingerprint density at radius 3 is 2.62 bits per heavy atom. The molecule has 0 aromatic rings. The van der Waals surface area contributed by atoms with Gasteiger partial charge < -0.3 is 10.1 Å². The van der Waals surface area contributed by atoms with Gasteiger partial charge in [0, 0.05) is 13.0 Å². The highest BCUT2D eigenvalue weighted by Gasteiger charge is 2.25. The van der Waals surface area contributed by atoms with E-state index < -0.39 is 0 Å². The van der Waals surface area contributed by atoms with Gasteiger partial charge in [0.05, 0.1) is 6.61 Å². The molecule has 1 amide bonds. The Morgan fingerprint density at radius 1 is 1.62 bits per heavy atom. The number of hydrogen-bond donors (Lipinski definition) is 1. The van der Waals surface area contributed by atoms with E-state index in [4.69, 9.17) is 4.74 Å². The molecule has 1 unspecified atom stereocenters. The summed E-state index contributed by atoms with van der Waals surface area (Å²) in [5.74, 6) is 0.00866. The second-order valence-corrected chi connectivity index (χ2v) is 2.46. The maximum atomic E-state index is 11.0. The number of carbonyl (C=O) groups excluding carboxylic acids is 1. The predicted octanol–water partition coefficient (Wildman–Crippen LogP) is 1.49. The van der Waals surface area contributed by atoms with Gasteiger partial charge in [0.25, 0.3) is 0 Å². The average molecular weight is 185 g/mol. The lowest BCUT2D eigenvalue weighted by Gasteiger charge is -2.24. The summed E-state index contributed by atoms with van der Waals surface area (Å²) < 4.78 is 4.99. The van der Waals surface area contributed by atoms with Crippen molar-refractivity contribution in [2.24, 2.45) is 0 Å². The van der Waals surface area contributed by atoms with Crippen molar-refractivity contribution in [1.29, 1.82) is 0 Å². The lowest BCUT2D eigenvalue weighted by Crippen LogP contribution is -2.42. The van der Waals surface area contributed by atoms with Crippen molar-refractivity contribution >= 4 is 5.91 Å². The van der Waals surface area contributed by atoms with E-state index in [1.165, 1.54) is 0 Å². The monoisotopic (exact) mass is 185 g/mol. The van der Waals surface area contributed by atoms with Gasteiger partial charge in [-0.15, -0.1) is 0 Å². The zero-order valence-corrected chi connectivity index (χ0v) is 8.67. The van der Waals surface area contributed by atoms with Gasteiger partial charge in [-0.2, -0.15) is 0 Å². The van der Waals surface area contributed by atoms with Crippen LogP contribution >= 0.6 is 0 Å². The first kappa shape index (κ1) is 12.2. The van der Waals surface area contributed by atoms with Crippen molar-refractivity contribution in [2.75, 3.05) is 13.2 Å². The van der Waals surface area contributed by atoms with Crippen LogP contribution in [0.3, 0.4) is 0 Å². The van der Waals surface area contributed by atoms with E-state index >= 15 is 0 Å². The summed E-state index contributed by atoms with van der Waals surface area (Å²) in [7, 11) is 0. The summed E-state index contributed by atoms with van der Waals surface area (Å²) in [5.41, 5.74) is 0. The molecule has 0 aliphatic carbocycles. The Morgan fingerprint density at radius 2 is 2.23 bits per heavy atom. The van der Waals surface area contributed by atoms with Crippen LogP contribution in [-0.2, 0) is 9.53 Å². The van der Waals surface area contributed by atoms with Crippen LogP contribution in [0.1, 0.15) is 27.2 Å². The molecule has 1 aliphatic heterocycles. The summed E-state index contributed by atoms with van der Waals surface area (Å²) in [6.45, 7) is 7.25. The number of rotatable bonds is 3. The molecule has 0 bridgehead atoms. The van der Waals surface area contributed by atoms with Gasteiger partial charge in [-0.3, -0.25) is 4.79 Å². The summed E-state index contributed by atoms with van der Waals surface area (Å²) in [4.78, 5) is 11.0. The lowest BCUT2D eigenvalue weighted by atomic mass is 10.2. The molecule has 3 nitrogen and oxygen atoms in total. The number of carbonyl (C=O) groups is 1. The van der Waals surface area contributed by atoms with Gasteiger partial charge in [-0.25, -0.2) is 0 Å². The smallest absolute Gasteiger partial charge is 0.249 e. The van der Waals surface area contributed by atoms with Gasteiger partial charge in [0.2, 0.25) is 5.91 Å². The number of ether oxygens (including phenoxy) is 1. The molecule has 1 atom stereocenters. The highest BCUT2D eigenvalue weighted by atomic mass is 16.5. The van der Waals surface area contributed by atoms with Crippen molar-refractivity contribution in [2.45, 2.75) is 33.3 Å². The Labute approximate surface area is 80.2 Å². The fourth-order valence-electron chi connectivity index (χ4n) is 0.834. The van der Waals surface area contributed by atoms with Crippen molar-refractivity contribution in [3.63, 3.8) is 0 Å². The first-order valence-corrected chi connectivity index (χ1v) is 4.85. The lowest BCUT2D eigenvalue weighted by molar-refractivity contribution is -0.144. The minimum atomic E-state index is -0.180. The van der Waals surface area contributed by atoms with Gasteiger partial charge in [0.1, 0.15) is 6.10 Å². The van der Waals surface area contributed by atoms with Gasteiger partial charge in [-0.05, 0) is 6.92 Å². The molecule has 1 N–H and O–H groups in total. The highest BCUT2D eigenvalue weighted by molar-refractivity contribution is 5.81. The van der Waals surface area contributed by atoms with Crippen LogP contribution in [0.15, 0.2) is 12.2 Å². The minimum absolute atomic E-state index is 0.00866. The highest BCUT2D eigenvalue weighted by Crippen LogP contribution is 2.09. The Bertz CT molecular complexity index is 162. The summed E-state index contributed by atoms with van der Waals surface area (Å²) >= 11 is 0. The first-order valence-electron chi connectivity index (χ1n) is 4.85. The van der Waals surface area contributed by atoms with Crippen LogP contribution in [-0.4, -0.2) is 25.2 Å². The number of hydrogen-bond acceptors (Lipinski definition) is 2. The van der Waals surface area contributed by atoms with E-state index in [1.54, 1.807) is 0 Å². The maximum Gasteiger partial charge on any atom is 0.249 e. The minimum Gasteiger partial charge on any atom is -0.368 e. The Kier molecular flexibility index (Phi) is 7.30. The van der Waals surface area contributed by atoms with Gasteiger partial charge in [0.15, 0.2) is 0 Å². The second-order valence-electron chi connectivity index (χ2n) is 2.46. The molecular formula is C10H19NO2. The van der Waals surface area contributed by atoms with E-state index in [9.17, 15) is 4.79 Å². The molecule has 1 saturated heterocycles. The molecule has 76 valence electrons. The SMILES string of the molecule is C/C=C/CNC(=O)C1CCO1.CC. The average Bonchev–Trinajstić information content (AvgIpc) is 2.05. The summed E-state index contributed by atoms with van der Waals surface area (Å²) in [5, 5.41) is 2.73. The van der Waals surface area contributed by atoms with Crippen molar-refractivity contribution in [1.82, 2.24) is 5.32 Å². The maximum absolute atomic E-state index is 11.0. The number of nitrogens with one attached hydrogen (secondary N) is 1. The van der Waals surface area contributed by atoms with Crippen LogP contribution in [0.2, 0.25) is 0 Å². The third-order valence-electron chi connectivity index (χ3n) is 1.62. The van der Waals surface area contributed by atoms with Crippen LogP contribution in [0.5, 0.6) is 0 Å². The molecule has 0 aromatic carbocycles. The molecule has 1 heterocycles. The molecule has 1 aliphatic rings. The van der Waals surface area contributed by atoms with Crippen LogP contribution in [0.4, 0.5) is 0 Å². The summed E-state index contributed by atoms with van der Waals surface area (Å²) in [6, 6.07) is 0. The first-order chi connectivity index (χ1) is 6.34. The van der Waals surface area contributed by atoms with E-state index in [0.29, 0.717) is 6.54 Å². The fraction of sp³-hybridized carbons (Fsp3) is 0.700. The van der Waals surface area contributed by atoms with Crippen LogP contribution in [0, 0.1) is 0 Å². The Hall–Kier alpha value is -0.830. The molecule has 3 heteroatoms.